The van der Waals surface area contributed by atoms with Crippen molar-refractivity contribution in [3.8, 4) is 0 Å². The van der Waals surface area contributed by atoms with Gasteiger partial charge in [-0.05, 0) is 36.9 Å². The Bertz CT molecular complexity index is 586. The molecule has 0 aliphatic carbocycles. The number of anilines is 1. The number of benzene rings is 1. The lowest BCUT2D eigenvalue weighted by Crippen LogP contribution is -2.45. The number of aliphatic imine (C=N–C) groups is 1. The number of hydrogen-bond acceptors (Lipinski definition) is 3. The van der Waals surface area contributed by atoms with Gasteiger partial charge in [-0.2, -0.15) is 0 Å². The molecule has 6 heteroatoms. The summed E-state index contributed by atoms with van der Waals surface area (Å²) in [7, 11) is 3.93. The maximum atomic E-state index is 4.29. The number of para-hydroxylation sites is 1. The molecule has 1 heterocycles. The highest BCUT2D eigenvalue weighted by Crippen LogP contribution is 2.13. The van der Waals surface area contributed by atoms with Crippen molar-refractivity contribution in [3.63, 3.8) is 0 Å². The van der Waals surface area contributed by atoms with E-state index in [2.05, 4.69) is 76.3 Å². The van der Waals surface area contributed by atoms with Crippen LogP contribution >= 0.6 is 35.3 Å². The Hall–Kier alpha value is -1.28. The quantitative estimate of drug-likeness (QED) is 0.379. The van der Waals surface area contributed by atoms with Crippen LogP contribution in [0.2, 0.25) is 0 Å². The van der Waals surface area contributed by atoms with Gasteiger partial charge in [0.1, 0.15) is 0 Å². The maximum absolute atomic E-state index is 4.29. The summed E-state index contributed by atoms with van der Waals surface area (Å²) in [6.07, 6.45) is 1.03. The molecule has 1 aromatic carbocycles. The lowest BCUT2D eigenvalue weighted by atomic mass is 10.2. The molecule has 0 bridgehead atoms. The van der Waals surface area contributed by atoms with Crippen LogP contribution in [0.4, 0.5) is 5.69 Å². The van der Waals surface area contributed by atoms with Crippen LogP contribution in [0.1, 0.15) is 11.8 Å². The van der Waals surface area contributed by atoms with Crippen LogP contribution in [0.5, 0.6) is 0 Å². The average Bonchev–Trinajstić information content (AvgIpc) is 3.11. The summed E-state index contributed by atoms with van der Waals surface area (Å²) in [6.45, 7) is 3.94. The first-order valence-electron chi connectivity index (χ1n) is 7.95. The molecule has 0 saturated heterocycles. The number of guanidine groups is 1. The molecule has 1 unspecified atom stereocenters. The lowest BCUT2D eigenvalue weighted by Gasteiger charge is -2.27. The second kappa shape index (κ2) is 11.3. The fraction of sp³-hybridized carbons (Fsp3) is 0.389. The molecule has 0 spiro atoms. The summed E-state index contributed by atoms with van der Waals surface area (Å²) in [6, 6.07) is 15.1. The predicted molar refractivity (Wildman–Crippen MR) is 117 cm³/mol. The van der Waals surface area contributed by atoms with Gasteiger partial charge < -0.3 is 15.5 Å². The van der Waals surface area contributed by atoms with E-state index in [-0.39, 0.29) is 24.0 Å². The van der Waals surface area contributed by atoms with Gasteiger partial charge in [0.05, 0.1) is 0 Å². The van der Waals surface area contributed by atoms with Gasteiger partial charge in [0.25, 0.3) is 0 Å². The monoisotopic (exact) mass is 458 g/mol. The predicted octanol–water partition coefficient (Wildman–Crippen LogP) is 3.60. The third kappa shape index (κ3) is 6.68. The number of nitrogens with one attached hydrogen (secondary N) is 2. The number of likely N-dealkylation sites (N-methyl/N-ethyl adjacent to an activating group) is 1. The van der Waals surface area contributed by atoms with E-state index < -0.39 is 0 Å². The zero-order chi connectivity index (χ0) is 16.5. The summed E-state index contributed by atoms with van der Waals surface area (Å²) < 4.78 is 0. The van der Waals surface area contributed by atoms with Gasteiger partial charge in [-0.25, -0.2) is 0 Å². The van der Waals surface area contributed by atoms with Crippen molar-refractivity contribution >= 4 is 47.0 Å². The molecule has 0 amide bonds. The number of rotatable bonds is 7. The standard InChI is InChI=1S/C18H26N4S.HI/c1-15(22(3)16-8-5-4-6-9-16)14-21-18(19-2)20-12-11-17-10-7-13-23-17;/h4-10,13,15H,11-12,14H2,1-3H3,(H2,19,20,21);1H. The van der Waals surface area contributed by atoms with Crippen LogP contribution in [-0.4, -0.2) is 39.2 Å². The highest BCUT2D eigenvalue weighted by atomic mass is 127. The van der Waals surface area contributed by atoms with Gasteiger partial charge in [-0.1, -0.05) is 24.3 Å². The van der Waals surface area contributed by atoms with Crippen molar-refractivity contribution in [1.82, 2.24) is 10.6 Å². The van der Waals surface area contributed by atoms with Crippen molar-refractivity contribution in [1.29, 1.82) is 0 Å². The van der Waals surface area contributed by atoms with Gasteiger partial charge in [-0.15, -0.1) is 35.3 Å². The minimum atomic E-state index is 0. The third-order valence-corrected chi connectivity index (χ3v) is 4.79. The Balaban J connectivity index is 0.00000288. The van der Waals surface area contributed by atoms with Crippen molar-refractivity contribution in [3.05, 3.63) is 52.7 Å². The van der Waals surface area contributed by atoms with Crippen molar-refractivity contribution in [2.45, 2.75) is 19.4 Å². The van der Waals surface area contributed by atoms with E-state index in [0.717, 1.165) is 25.5 Å². The molecule has 132 valence electrons. The molecule has 0 aliphatic rings. The van der Waals surface area contributed by atoms with Crippen LogP contribution in [0, 0.1) is 0 Å². The van der Waals surface area contributed by atoms with E-state index >= 15 is 0 Å². The smallest absolute Gasteiger partial charge is 0.191 e. The minimum absolute atomic E-state index is 0. The Labute approximate surface area is 166 Å². The number of hydrogen-bond donors (Lipinski definition) is 2. The Morgan fingerprint density at radius 2 is 1.92 bits per heavy atom. The number of nitrogens with zero attached hydrogens (tertiary/aromatic N) is 2. The molecule has 24 heavy (non-hydrogen) atoms. The highest BCUT2D eigenvalue weighted by molar-refractivity contribution is 14.0. The third-order valence-electron chi connectivity index (χ3n) is 3.86. The van der Waals surface area contributed by atoms with E-state index in [1.165, 1.54) is 10.6 Å². The summed E-state index contributed by atoms with van der Waals surface area (Å²) >= 11 is 1.80. The molecule has 2 aromatic rings. The molecule has 0 aliphatic heterocycles. The van der Waals surface area contributed by atoms with Gasteiger partial charge in [-0.3, -0.25) is 4.99 Å². The zero-order valence-electron chi connectivity index (χ0n) is 14.5. The molecule has 1 aromatic heterocycles. The Morgan fingerprint density at radius 1 is 1.17 bits per heavy atom. The number of thiophene rings is 1. The Kier molecular flexibility index (Phi) is 9.78. The first kappa shape index (κ1) is 20.8. The summed E-state index contributed by atoms with van der Waals surface area (Å²) in [4.78, 5) is 7.95. The Morgan fingerprint density at radius 3 is 2.54 bits per heavy atom. The largest absolute Gasteiger partial charge is 0.370 e. The van der Waals surface area contributed by atoms with Crippen LogP contribution in [0.25, 0.3) is 0 Å². The van der Waals surface area contributed by atoms with Gasteiger partial charge >= 0.3 is 0 Å². The van der Waals surface area contributed by atoms with E-state index in [1.54, 1.807) is 11.3 Å². The molecule has 1 atom stereocenters. The SMILES string of the molecule is CN=C(NCCc1cccs1)NCC(C)N(C)c1ccccc1.I. The van der Waals surface area contributed by atoms with E-state index in [9.17, 15) is 0 Å². The topological polar surface area (TPSA) is 39.7 Å². The maximum Gasteiger partial charge on any atom is 0.191 e. The van der Waals surface area contributed by atoms with Gasteiger partial charge in [0.2, 0.25) is 0 Å². The molecule has 2 rings (SSSR count). The highest BCUT2D eigenvalue weighted by Gasteiger charge is 2.10. The minimum Gasteiger partial charge on any atom is -0.370 e. The molecule has 0 fully saturated rings. The van der Waals surface area contributed by atoms with Crippen molar-refractivity contribution < 1.29 is 0 Å². The van der Waals surface area contributed by atoms with Crippen LogP contribution < -0.4 is 15.5 Å². The fourth-order valence-corrected chi connectivity index (χ4v) is 2.99. The summed E-state index contributed by atoms with van der Waals surface area (Å²) in [5, 5.41) is 8.88. The van der Waals surface area contributed by atoms with E-state index in [4.69, 9.17) is 0 Å². The average molecular weight is 458 g/mol. The van der Waals surface area contributed by atoms with Crippen molar-refractivity contribution in [2.24, 2.45) is 4.99 Å². The summed E-state index contributed by atoms with van der Waals surface area (Å²) in [5.41, 5.74) is 1.22. The van der Waals surface area contributed by atoms with Gasteiger partial charge in [0, 0.05) is 43.8 Å². The molecule has 0 saturated carbocycles. The van der Waals surface area contributed by atoms with Crippen LogP contribution in [0.3, 0.4) is 0 Å². The fourth-order valence-electron chi connectivity index (χ4n) is 2.28. The van der Waals surface area contributed by atoms with Gasteiger partial charge in [0.15, 0.2) is 5.96 Å². The molecular formula is C18H27IN4S. The normalized spacial score (nSPS) is 12.2. The first-order valence-corrected chi connectivity index (χ1v) is 8.83. The molecular weight excluding hydrogens is 431 g/mol. The van der Waals surface area contributed by atoms with E-state index in [0.29, 0.717) is 6.04 Å². The van der Waals surface area contributed by atoms with Crippen molar-refractivity contribution in [2.75, 3.05) is 32.1 Å². The number of halogens is 1. The van der Waals surface area contributed by atoms with E-state index in [1.807, 2.05) is 13.1 Å². The second-order valence-electron chi connectivity index (χ2n) is 5.50. The zero-order valence-corrected chi connectivity index (χ0v) is 17.7. The van der Waals surface area contributed by atoms with Crippen LogP contribution in [0.15, 0.2) is 52.8 Å². The second-order valence-corrected chi connectivity index (χ2v) is 6.54. The molecule has 0 radical (unpaired) electrons. The molecule has 2 N–H and O–H groups in total. The first-order chi connectivity index (χ1) is 11.2. The van der Waals surface area contributed by atoms with Crippen LogP contribution in [-0.2, 0) is 6.42 Å². The summed E-state index contributed by atoms with van der Waals surface area (Å²) in [5.74, 6) is 0.856. The molecule has 4 nitrogen and oxygen atoms in total. The lowest BCUT2D eigenvalue weighted by molar-refractivity contribution is 0.648.